The fourth-order valence-electron chi connectivity index (χ4n) is 1.63. The van der Waals surface area contributed by atoms with Crippen molar-refractivity contribution in [1.82, 2.24) is 15.8 Å². The third-order valence-corrected chi connectivity index (χ3v) is 2.93. The maximum atomic E-state index is 11.9. The Labute approximate surface area is 122 Å². The zero-order valence-corrected chi connectivity index (χ0v) is 11.7. The average molecular weight is 288 g/mol. The molecular weight excluding hydrogens is 274 g/mol. The number of hydrazine groups is 1. The fourth-order valence-corrected chi connectivity index (χ4v) is 1.76. The Hall–Kier alpha value is -2.33. The van der Waals surface area contributed by atoms with Crippen molar-refractivity contribution in [3.8, 4) is 0 Å². The molecule has 1 aromatic carbocycles. The van der Waals surface area contributed by atoms with Gasteiger partial charge < -0.3 is 0 Å². The normalized spacial score (nSPS) is 11.0. The van der Waals surface area contributed by atoms with E-state index in [0.717, 1.165) is 11.3 Å². The number of nitrogens with zero attached hydrogens (tertiary/aromatic N) is 1. The fraction of sp³-hybridized carbons (Fsp3) is 0.0667. The van der Waals surface area contributed by atoms with E-state index in [0.29, 0.717) is 10.6 Å². The van der Waals surface area contributed by atoms with Gasteiger partial charge in [-0.3, -0.25) is 20.6 Å². The number of amides is 1. The van der Waals surface area contributed by atoms with Crippen LogP contribution < -0.4 is 10.9 Å². The second-order valence-corrected chi connectivity index (χ2v) is 4.47. The largest absolute Gasteiger partial charge is 0.298 e. The third kappa shape index (κ3) is 3.59. The molecule has 20 heavy (non-hydrogen) atoms. The van der Waals surface area contributed by atoms with Gasteiger partial charge >= 0.3 is 0 Å². The number of halogens is 1. The zero-order valence-electron chi connectivity index (χ0n) is 10.9. The van der Waals surface area contributed by atoms with Crippen molar-refractivity contribution >= 4 is 23.2 Å². The smallest absolute Gasteiger partial charge is 0.271 e. The highest BCUT2D eigenvalue weighted by Gasteiger charge is 2.06. The highest BCUT2D eigenvalue weighted by molar-refractivity contribution is 6.30. The van der Waals surface area contributed by atoms with E-state index in [1.54, 1.807) is 30.5 Å². The molecule has 2 aromatic rings. The summed E-state index contributed by atoms with van der Waals surface area (Å²) >= 11 is 5.85. The Balaban J connectivity index is 2.02. The Morgan fingerprint density at radius 1 is 1.15 bits per heavy atom. The number of carbonyl (C=O) groups excluding carboxylic acids is 1. The number of allylic oxidation sites excluding steroid dienone is 1. The molecule has 0 unspecified atom stereocenters. The molecule has 2 N–H and O–H groups in total. The summed E-state index contributed by atoms with van der Waals surface area (Å²) in [5, 5.41) is 0.670. The topological polar surface area (TPSA) is 54.0 Å². The van der Waals surface area contributed by atoms with Crippen LogP contribution in [0.2, 0.25) is 5.02 Å². The van der Waals surface area contributed by atoms with Gasteiger partial charge in [0, 0.05) is 17.4 Å². The molecule has 0 aliphatic heterocycles. The lowest BCUT2D eigenvalue weighted by Gasteiger charge is -2.12. The lowest BCUT2D eigenvalue weighted by atomic mass is 10.1. The molecule has 0 saturated heterocycles. The van der Waals surface area contributed by atoms with Crippen LogP contribution in [0.3, 0.4) is 0 Å². The van der Waals surface area contributed by atoms with Crippen molar-refractivity contribution in [2.45, 2.75) is 6.92 Å². The van der Waals surface area contributed by atoms with Crippen LogP contribution in [0.5, 0.6) is 0 Å². The van der Waals surface area contributed by atoms with Crippen molar-refractivity contribution in [2.24, 2.45) is 0 Å². The van der Waals surface area contributed by atoms with E-state index in [1.807, 2.05) is 25.1 Å². The Morgan fingerprint density at radius 3 is 2.50 bits per heavy atom. The van der Waals surface area contributed by atoms with Gasteiger partial charge in [0.05, 0.1) is 11.3 Å². The molecule has 0 aliphatic rings. The van der Waals surface area contributed by atoms with Crippen molar-refractivity contribution < 1.29 is 4.79 Å². The van der Waals surface area contributed by atoms with E-state index < -0.39 is 0 Å². The van der Waals surface area contributed by atoms with E-state index in [4.69, 9.17) is 11.6 Å². The molecule has 4 nitrogen and oxygen atoms in total. The van der Waals surface area contributed by atoms with Gasteiger partial charge in [-0.15, -0.1) is 0 Å². The van der Waals surface area contributed by atoms with Crippen LogP contribution in [0.25, 0.3) is 5.70 Å². The molecule has 2 rings (SSSR count). The van der Waals surface area contributed by atoms with Crippen LogP contribution in [0.4, 0.5) is 0 Å². The summed E-state index contributed by atoms with van der Waals surface area (Å²) < 4.78 is 0. The van der Waals surface area contributed by atoms with Gasteiger partial charge in [0.25, 0.3) is 5.91 Å². The SMILES string of the molecule is C/C=C(\NNC(=O)c1cccnc1)c1ccc(Cl)cc1. The Morgan fingerprint density at radius 2 is 1.90 bits per heavy atom. The van der Waals surface area contributed by atoms with E-state index >= 15 is 0 Å². The number of rotatable bonds is 4. The molecule has 102 valence electrons. The minimum absolute atomic E-state index is 0.244. The molecule has 1 heterocycles. The molecular formula is C15H14ClN3O. The number of benzene rings is 1. The zero-order chi connectivity index (χ0) is 14.4. The molecule has 0 aliphatic carbocycles. The van der Waals surface area contributed by atoms with Crippen molar-refractivity contribution in [2.75, 3.05) is 0 Å². The second-order valence-electron chi connectivity index (χ2n) is 4.03. The monoisotopic (exact) mass is 287 g/mol. The molecule has 1 amide bonds. The number of nitrogens with one attached hydrogen (secondary N) is 2. The first-order chi connectivity index (χ1) is 9.70. The predicted octanol–water partition coefficient (Wildman–Crippen LogP) is 3.03. The van der Waals surface area contributed by atoms with Crippen LogP contribution in [0.15, 0.2) is 54.9 Å². The number of hydrogen-bond donors (Lipinski definition) is 2. The summed E-state index contributed by atoms with van der Waals surface area (Å²) in [6.45, 7) is 1.88. The van der Waals surface area contributed by atoms with Crippen molar-refractivity contribution in [1.29, 1.82) is 0 Å². The summed E-state index contributed by atoms with van der Waals surface area (Å²) in [6.07, 6.45) is 5.00. The first-order valence-corrected chi connectivity index (χ1v) is 6.47. The maximum absolute atomic E-state index is 11.9. The number of pyridine rings is 1. The van der Waals surface area contributed by atoms with E-state index in [9.17, 15) is 4.79 Å². The predicted molar refractivity (Wildman–Crippen MR) is 79.9 cm³/mol. The lowest BCUT2D eigenvalue weighted by Crippen LogP contribution is -2.36. The lowest BCUT2D eigenvalue weighted by molar-refractivity contribution is 0.0942. The maximum Gasteiger partial charge on any atom is 0.271 e. The number of hydrogen-bond acceptors (Lipinski definition) is 3. The molecule has 0 bridgehead atoms. The molecule has 5 heteroatoms. The van der Waals surface area contributed by atoms with Crippen molar-refractivity contribution in [3.05, 3.63) is 71.0 Å². The molecule has 0 radical (unpaired) electrons. The highest BCUT2D eigenvalue weighted by atomic mass is 35.5. The van der Waals surface area contributed by atoms with Crippen LogP contribution in [-0.2, 0) is 0 Å². The van der Waals surface area contributed by atoms with Gasteiger partial charge in [-0.05, 0) is 36.8 Å². The third-order valence-electron chi connectivity index (χ3n) is 2.68. The highest BCUT2D eigenvalue weighted by Crippen LogP contribution is 2.15. The van der Waals surface area contributed by atoms with Gasteiger partial charge in [0.2, 0.25) is 0 Å². The minimum Gasteiger partial charge on any atom is -0.298 e. The van der Waals surface area contributed by atoms with Gasteiger partial charge in [0.1, 0.15) is 0 Å². The molecule has 0 fully saturated rings. The van der Waals surface area contributed by atoms with Gasteiger partial charge in [-0.2, -0.15) is 0 Å². The van der Waals surface area contributed by atoms with Gasteiger partial charge in [-0.25, -0.2) is 0 Å². The van der Waals surface area contributed by atoms with Gasteiger partial charge in [0.15, 0.2) is 0 Å². The van der Waals surface area contributed by atoms with E-state index in [-0.39, 0.29) is 5.91 Å². The summed E-state index contributed by atoms with van der Waals surface area (Å²) in [7, 11) is 0. The minimum atomic E-state index is -0.244. The first kappa shape index (κ1) is 14.1. The Kier molecular flexibility index (Phi) is 4.74. The standard InChI is InChI=1S/C15H14ClN3O/c1-2-14(11-5-7-13(16)8-6-11)18-19-15(20)12-4-3-9-17-10-12/h2-10,18H,1H3,(H,19,20)/b14-2-. The summed E-state index contributed by atoms with van der Waals surface area (Å²) in [4.78, 5) is 15.8. The number of aromatic nitrogens is 1. The van der Waals surface area contributed by atoms with E-state index in [2.05, 4.69) is 15.8 Å². The molecule has 0 spiro atoms. The van der Waals surface area contributed by atoms with Crippen LogP contribution in [0.1, 0.15) is 22.8 Å². The van der Waals surface area contributed by atoms with E-state index in [1.165, 1.54) is 6.20 Å². The van der Waals surface area contributed by atoms with Gasteiger partial charge in [-0.1, -0.05) is 29.8 Å². The molecule has 1 aromatic heterocycles. The summed E-state index contributed by atoms with van der Waals surface area (Å²) in [5.41, 5.74) is 7.74. The molecule has 0 atom stereocenters. The van der Waals surface area contributed by atoms with Crippen LogP contribution in [-0.4, -0.2) is 10.9 Å². The van der Waals surface area contributed by atoms with Crippen LogP contribution >= 0.6 is 11.6 Å². The quantitative estimate of drug-likeness (QED) is 0.850. The summed E-state index contributed by atoms with van der Waals surface area (Å²) in [5.74, 6) is -0.244. The van der Waals surface area contributed by atoms with Crippen molar-refractivity contribution in [3.63, 3.8) is 0 Å². The molecule has 0 saturated carbocycles. The second kappa shape index (κ2) is 6.73. The first-order valence-electron chi connectivity index (χ1n) is 6.09. The average Bonchev–Trinajstić information content (AvgIpc) is 2.50. The van der Waals surface area contributed by atoms with Crippen LogP contribution in [0, 0.1) is 0 Å². The summed E-state index contributed by atoms with van der Waals surface area (Å²) in [6, 6.07) is 10.8. The number of carbonyl (C=O) groups is 1. The Bertz CT molecular complexity index is 609.